The molecule has 26 heavy (non-hydrogen) atoms. The zero-order valence-electron chi connectivity index (χ0n) is 13.7. The highest BCUT2D eigenvalue weighted by atomic mass is 79.9. The van der Waals surface area contributed by atoms with E-state index in [1.165, 1.54) is 0 Å². The third kappa shape index (κ3) is 3.06. The molecule has 3 aromatic carbocycles. The van der Waals surface area contributed by atoms with E-state index in [0.29, 0.717) is 27.4 Å². The van der Waals surface area contributed by atoms with Crippen LogP contribution in [-0.2, 0) is 0 Å². The topological polar surface area (TPSA) is 52.1 Å². The van der Waals surface area contributed by atoms with Crippen molar-refractivity contribution in [3.05, 3.63) is 69.7 Å². The van der Waals surface area contributed by atoms with E-state index in [0.717, 1.165) is 21.0 Å². The van der Waals surface area contributed by atoms with Gasteiger partial charge in [-0.3, -0.25) is 0 Å². The maximum Gasteiger partial charge on any atom is 0.343 e. The van der Waals surface area contributed by atoms with Gasteiger partial charge in [0.15, 0.2) is 5.75 Å². The molecule has 7 heteroatoms. The molecule has 1 aromatic heterocycles. The highest BCUT2D eigenvalue weighted by molar-refractivity contribution is 9.10. The quantitative estimate of drug-likeness (QED) is 0.213. The van der Waals surface area contributed by atoms with Gasteiger partial charge >= 0.3 is 5.97 Å². The molecule has 0 atom stereocenters. The van der Waals surface area contributed by atoms with Gasteiger partial charge in [0.25, 0.3) is 0 Å². The Bertz CT molecular complexity index is 1170. The molecule has 126 valence electrons. The number of rotatable bonds is 2. The van der Waals surface area contributed by atoms with Crippen LogP contribution in [-0.4, -0.2) is 23.8 Å². The van der Waals surface area contributed by atoms with E-state index in [9.17, 15) is 4.79 Å². The van der Waals surface area contributed by atoms with Gasteiger partial charge in [0.2, 0.25) is 0 Å². The third-order valence-corrected chi connectivity index (χ3v) is 4.84. The van der Waals surface area contributed by atoms with Gasteiger partial charge in [0.05, 0.1) is 16.6 Å². The van der Waals surface area contributed by atoms with E-state index in [1.54, 1.807) is 24.3 Å². The Balaban J connectivity index is 1.86. The van der Waals surface area contributed by atoms with Crippen LogP contribution in [0.2, 0.25) is 5.02 Å². The van der Waals surface area contributed by atoms with E-state index < -0.39 is 5.97 Å². The molecule has 0 aliphatic carbocycles. The summed E-state index contributed by atoms with van der Waals surface area (Å²) in [6.07, 6.45) is 0. The number of para-hydroxylation sites is 2. The van der Waals surface area contributed by atoms with Crippen molar-refractivity contribution in [1.82, 2.24) is 9.97 Å². The van der Waals surface area contributed by atoms with E-state index in [-0.39, 0.29) is 0 Å². The van der Waals surface area contributed by atoms with Crippen molar-refractivity contribution in [3.8, 4) is 5.75 Å². The first-order valence-electron chi connectivity index (χ1n) is 7.86. The largest absolute Gasteiger partial charge is 0.421 e. The van der Waals surface area contributed by atoms with E-state index >= 15 is 0 Å². The standard InChI is InChI=1S/C19H11BBrClN2O2/c20-12-9-13(21)16-17(24-15-4-2-1-3-14(15)23-16)18(12)26-19(25)10-5-7-11(22)8-6-10/h1-9H,20H2. The van der Waals surface area contributed by atoms with Crippen molar-refractivity contribution in [1.29, 1.82) is 0 Å². The van der Waals surface area contributed by atoms with Crippen molar-refractivity contribution in [2.75, 3.05) is 0 Å². The molecule has 0 spiro atoms. The number of carbonyl (C=O) groups excluding carboxylic acids is 1. The first-order chi connectivity index (χ1) is 12.5. The van der Waals surface area contributed by atoms with Gasteiger partial charge < -0.3 is 4.74 Å². The molecule has 4 rings (SSSR count). The summed E-state index contributed by atoms with van der Waals surface area (Å²) in [6, 6.07) is 16.0. The monoisotopic (exact) mass is 424 g/mol. The van der Waals surface area contributed by atoms with Crippen molar-refractivity contribution in [2.24, 2.45) is 0 Å². The molecular weight excluding hydrogens is 414 g/mol. The maximum atomic E-state index is 12.5. The lowest BCUT2D eigenvalue weighted by Crippen LogP contribution is -2.17. The SMILES string of the molecule is Bc1cc(Br)c2nc3ccccc3nc2c1OC(=O)c1ccc(Cl)cc1. The minimum Gasteiger partial charge on any atom is -0.421 e. The van der Waals surface area contributed by atoms with Gasteiger partial charge in [-0.15, -0.1) is 0 Å². The Kier molecular flexibility index (Phi) is 4.38. The molecule has 0 fully saturated rings. The Morgan fingerprint density at radius 1 is 1.00 bits per heavy atom. The zero-order valence-corrected chi connectivity index (χ0v) is 16.0. The Hall–Kier alpha value is -2.44. The van der Waals surface area contributed by atoms with Gasteiger partial charge in [-0.1, -0.05) is 23.7 Å². The molecule has 0 bridgehead atoms. The summed E-state index contributed by atoms with van der Waals surface area (Å²) >= 11 is 9.41. The van der Waals surface area contributed by atoms with Gasteiger partial charge in [-0.05, 0) is 63.9 Å². The fourth-order valence-corrected chi connectivity index (χ4v) is 3.45. The van der Waals surface area contributed by atoms with Crippen LogP contribution < -0.4 is 10.2 Å². The lowest BCUT2D eigenvalue weighted by atomic mass is 9.94. The molecule has 0 radical (unpaired) electrons. The Morgan fingerprint density at radius 3 is 2.27 bits per heavy atom. The molecule has 0 aliphatic heterocycles. The van der Waals surface area contributed by atoms with Crippen molar-refractivity contribution >= 4 is 68.9 Å². The van der Waals surface area contributed by atoms with Crippen LogP contribution in [0.15, 0.2) is 59.1 Å². The number of hydrogen-bond acceptors (Lipinski definition) is 4. The number of hydrogen-bond donors (Lipinski definition) is 0. The second-order valence-corrected chi connectivity index (χ2v) is 7.10. The van der Waals surface area contributed by atoms with E-state index in [1.807, 2.05) is 38.2 Å². The minimum atomic E-state index is -0.469. The normalized spacial score (nSPS) is 11.0. The van der Waals surface area contributed by atoms with Crippen molar-refractivity contribution in [3.63, 3.8) is 0 Å². The predicted molar refractivity (Wildman–Crippen MR) is 109 cm³/mol. The molecule has 0 N–H and O–H groups in total. The number of fused-ring (bicyclic) bond motifs is 2. The number of aromatic nitrogens is 2. The fourth-order valence-electron chi connectivity index (χ4n) is 2.70. The fraction of sp³-hybridized carbons (Fsp3) is 0. The number of ether oxygens (including phenoxy) is 1. The van der Waals surface area contributed by atoms with Crippen molar-refractivity contribution < 1.29 is 9.53 Å². The Labute approximate surface area is 163 Å². The molecule has 0 unspecified atom stereocenters. The van der Waals surface area contributed by atoms with Gasteiger partial charge in [-0.25, -0.2) is 14.8 Å². The molecule has 4 aromatic rings. The summed E-state index contributed by atoms with van der Waals surface area (Å²) in [4.78, 5) is 21.9. The second kappa shape index (κ2) is 6.70. The number of benzene rings is 3. The minimum absolute atomic E-state index is 0.404. The number of carbonyl (C=O) groups is 1. The molecule has 1 heterocycles. The molecule has 4 nitrogen and oxygen atoms in total. The smallest absolute Gasteiger partial charge is 0.343 e. The average molecular weight is 425 g/mol. The van der Waals surface area contributed by atoms with Crippen LogP contribution in [0, 0.1) is 0 Å². The number of esters is 1. The van der Waals surface area contributed by atoms with Crippen LogP contribution in [0.4, 0.5) is 0 Å². The zero-order chi connectivity index (χ0) is 18.3. The summed E-state index contributed by atoms with van der Waals surface area (Å²) in [7, 11) is 1.87. The second-order valence-electron chi connectivity index (χ2n) is 5.81. The number of nitrogens with zero attached hydrogens (tertiary/aromatic N) is 2. The summed E-state index contributed by atoms with van der Waals surface area (Å²) < 4.78 is 6.48. The molecule has 0 saturated carbocycles. The molecule has 0 saturated heterocycles. The molecule has 0 aliphatic rings. The van der Waals surface area contributed by atoms with Gasteiger partial charge in [0, 0.05) is 9.50 Å². The maximum absolute atomic E-state index is 12.5. The summed E-state index contributed by atoms with van der Waals surface area (Å²) in [6.45, 7) is 0. The van der Waals surface area contributed by atoms with Gasteiger partial charge in [-0.2, -0.15) is 0 Å². The number of halogens is 2. The third-order valence-electron chi connectivity index (χ3n) is 3.99. The predicted octanol–water partition coefficient (Wildman–Crippen LogP) is 3.68. The Morgan fingerprint density at radius 2 is 1.62 bits per heavy atom. The first-order valence-corrected chi connectivity index (χ1v) is 9.03. The van der Waals surface area contributed by atoms with Crippen LogP contribution in [0.5, 0.6) is 5.75 Å². The highest BCUT2D eigenvalue weighted by Gasteiger charge is 2.17. The average Bonchev–Trinajstić information content (AvgIpc) is 2.64. The lowest BCUT2D eigenvalue weighted by Gasteiger charge is -2.12. The first kappa shape index (κ1) is 17.0. The van der Waals surface area contributed by atoms with Crippen LogP contribution in [0.1, 0.15) is 10.4 Å². The lowest BCUT2D eigenvalue weighted by molar-refractivity contribution is 0.0738. The van der Waals surface area contributed by atoms with Crippen LogP contribution in [0.25, 0.3) is 22.1 Å². The van der Waals surface area contributed by atoms with E-state index in [4.69, 9.17) is 16.3 Å². The summed E-state index contributed by atoms with van der Waals surface area (Å²) in [5.41, 5.74) is 3.90. The molecular formula is C19H11BBrClN2O2. The van der Waals surface area contributed by atoms with Gasteiger partial charge in [0.1, 0.15) is 18.9 Å². The highest BCUT2D eigenvalue weighted by Crippen LogP contribution is 2.29. The van der Waals surface area contributed by atoms with Crippen LogP contribution in [0.3, 0.4) is 0 Å². The van der Waals surface area contributed by atoms with Crippen molar-refractivity contribution in [2.45, 2.75) is 0 Å². The summed E-state index contributed by atoms with van der Waals surface area (Å²) in [5.74, 6) is -0.0650. The van der Waals surface area contributed by atoms with Crippen LogP contribution >= 0.6 is 27.5 Å². The van der Waals surface area contributed by atoms with E-state index in [2.05, 4.69) is 25.9 Å². The summed E-state index contributed by atoms with van der Waals surface area (Å²) in [5, 5.41) is 0.559. The molecule has 0 amide bonds.